The topological polar surface area (TPSA) is 43.4 Å². The molecule has 1 aliphatic heterocycles. The number of benzene rings is 1. The van der Waals surface area contributed by atoms with Crippen LogP contribution in [0, 0.1) is 0 Å². The predicted octanol–water partition coefficient (Wildman–Crippen LogP) is 3.29. The van der Waals surface area contributed by atoms with Crippen molar-refractivity contribution in [2.45, 2.75) is 39.0 Å². The number of hydrogen-bond donors (Lipinski definition) is 0. The number of ether oxygens (including phenoxy) is 1. The molecule has 2 rings (SSSR count). The Kier molecular flexibility index (Phi) is 3.27. The quantitative estimate of drug-likeness (QED) is 0.591. The molecule has 1 aliphatic rings. The fourth-order valence-corrected chi connectivity index (χ4v) is 2.43. The van der Waals surface area contributed by atoms with Crippen LogP contribution in [0.2, 0.25) is 0 Å². The summed E-state index contributed by atoms with van der Waals surface area (Å²) in [5, 5.41) is 0. The van der Waals surface area contributed by atoms with Crippen LogP contribution in [0.5, 0.6) is 0 Å². The van der Waals surface area contributed by atoms with Crippen molar-refractivity contribution in [1.82, 2.24) is 0 Å². The van der Waals surface area contributed by atoms with Gasteiger partial charge in [-0.2, -0.15) is 0 Å². The minimum absolute atomic E-state index is 0.327. The molecule has 0 N–H and O–H groups in total. The number of esters is 2. The molecule has 0 spiro atoms. The van der Waals surface area contributed by atoms with Crippen molar-refractivity contribution in [3.8, 4) is 0 Å². The van der Waals surface area contributed by atoms with Crippen molar-refractivity contribution in [2.75, 3.05) is 0 Å². The van der Waals surface area contributed by atoms with Crippen molar-refractivity contribution in [3.05, 3.63) is 34.9 Å². The molecule has 0 radical (unpaired) electrons. The summed E-state index contributed by atoms with van der Waals surface area (Å²) in [5.74, 6) is -0.679. The Balaban J connectivity index is 2.49. The number of fused-ring (bicyclic) bond motifs is 1. The summed E-state index contributed by atoms with van der Waals surface area (Å²) >= 11 is 0. The smallest absolute Gasteiger partial charge is 0.347 e. The summed E-state index contributed by atoms with van der Waals surface area (Å²) in [4.78, 5) is 23.1. The lowest BCUT2D eigenvalue weighted by molar-refractivity contribution is 0.0443. The molecule has 0 saturated heterocycles. The van der Waals surface area contributed by atoms with E-state index < -0.39 is 11.9 Å². The highest BCUT2D eigenvalue weighted by Crippen LogP contribution is 2.32. The highest BCUT2D eigenvalue weighted by Gasteiger charge is 2.33. The molecule has 0 bridgehead atoms. The van der Waals surface area contributed by atoms with Crippen LogP contribution >= 0.6 is 0 Å². The fraction of sp³-hybridized carbons (Fsp3) is 0.429. The highest BCUT2D eigenvalue weighted by molar-refractivity contribution is 6.15. The van der Waals surface area contributed by atoms with Crippen LogP contribution < -0.4 is 0 Å². The third-order valence-electron chi connectivity index (χ3n) is 3.28. The van der Waals surface area contributed by atoms with E-state index in [9.17, 15) is 9.59 Å². The van der Waals surface area contributed by atoms with Gasteiger partial charge in [0.15, 0.2) is 0 Å². The fourth-order valence-electron chi connectivity index (χ4n) is 2.43. The van der Waals surface area contributed by atoms with Gasteiger partial charge in [0.05, 0.1) is 11.1 Å². The first-order chi connectivity index (χ1) is 8.19. The van der Waals surface area contributed by atoms with E-state index in [0.717, 1.165) is 24.8 Å². The molecule has 90 valence electrons. The number of cyclic esters (lactones) is 2. The van der Waals surface area contributed by atoms with Gasteiger partial charge in [-0.3, -0.25) is 0 Å². The molecule has 3 heteroatoms. The van der Waals surface area contributed by atoms with E-state index in [1.807, 2.05) is 12.1 Å². The van der Waals surface area contributed by atoms with Gasteiger partial charge < -0.3 is 4.74 Å². The molecule has 1 aromatic carbocycles. The van der Waals surface area contributed by atoms with Crippen LogP contribution in [0.4, 0.5) is 0 Å². The first-order valence-electron chi connectivity index (χ1n) is 6.08. The van der Waals surface area contributed by atoms with Crippen molar-refractivity contribution in [2.24, 2.45) is 0 Å². The molecule has 1 aromatic rings. The van der Waals surface area contributed by atoms with Crippen molar-refractivity contribution < 1.29 is 14.3 Å². The first-order valence-corrected chi connectivity index (χ1v) is 6.08. The predicted molar refractivity (Wildman–Crippen MR) is 64.1 cm³/mol. The Bertz CT molecular complexity index is 463. The molecule has 17 heavy (non-hydrogen) atoms. The molecule has 3 nitrogen and oxygen atoms in total. The lowest BCUT2D eigenvalue weighted by Crippen LogP contribution is -2.05. The van der Waals surface area contributed by atoms with Crippen molar-refractivity contribution >= 4 is 11.9 Å². The Morgan fingerprint density at radius 3 is 2.59 bits per heavy atom. The number of hydrogen-bond acceptors (Lipinski definition) is 3. The van der Waals surface area contributed by atoms with Crippen LogP contribution in [0.25, 0.3) is 0 Å². The number of carbonyl (C=O) groups is 2. The molecule has 0 aromatic heterocycles. The summed E-state index contributed by atoms with van der Waals surface area (Å²) in [6, 6.07) is 5.42. The summed E-state index contributed by atoms with van der Waals surface area (Å²) in [6.45, 7) is 4.22. The monoisotopic (exact) mass is 232 g/mol. The molecule has 0 amide bonds. The van der Waals surface area contributed by atoms with Gasteiger partial charge in [-0.25, -0.2) is 9.59 Å². The van der Waals surface area contributed by atoms with Crippen LogP contribution in [-0.4, -0.2) is 11.9 Å². The Labute approximate surface area is 101 Å². The average Bonchev–Trinajstić information content (AvgIpc) is 2.62. The molecular formula is C14H16O3. The summed E-state index contributed by atoms with van der Waals surface area (Å²) in [5.41, 5.74) is 1.86. The standard InChI is InChI=1S/C14H16O3/c1-3-6-9(4-2)10-7-5-8-11-12(10)14(16)17-13(11)15/h5,7-9H,3-4,6H2,1-2H3. The Morgan fingerprint density at radius 1 is 1.18 bits per heavy atom. The van der Waals surface area contributed by atoms with Gasteiger partial charge in [-0.05, 0) is 30.4 Å². The van der Waals surface area contributed by atoms with E-state index in [0.29, 0.717) is 17.0 Å². The second-order valence-corrected chi connectivity index (χ2v) is 4.34. The van der Waals surface area contributed by atoms with Gasteiger partial charge in [0.25, 0.3) is 0 Å². The van der Waals surface area contributed by atoms with Crippen LogP contribution in [0.3, 0.4) is 0 Å². The molecule has 1 atom stereocenters. The molecular weight excluding hydrogens is 216 g/mol. The first kappa shape index (κ1) is 11.8. The average molecular weight is 232 g/mol. The van der Waals surface area contributed by atoms with Crippen LogP contribution in [0.1, 0.15) is 65.3 Å². The second-order valence-electron chi connectivity index (χ2n) is 4.34. The van der Waals surface area contributed by atoms with Gasteiger partial charge in [-0.15, -0.1) is 0 Å². The van der Waals surface area contributed by atoms with E-state index in [2.05, 4.69) is 18.6 Å². The summed E-state index contributed by atoms with van der Waals surface area (Å²) in [6.07, 6.45) is 3.05. The minimum Gasteiger partial charge on any atom is -0.386 e. The maximum absolute atomic E-state index is 11.7. The van der Waals surface area contributed by atoms with Gasteiger partial charge in [0.1, 0.15) is 0 Å². The maximum atomic E-state index is 11.7. The molecule has 0 aliphatic carbocycles. The normalized spacial score (nSPS) is 15.6. The largest absolute Gasteiger partial charge is 0.386 e. The van der Waals surface area contributed by atoms with Gasteiger partial charge in [-0.1, -0.05) is 32.4 Å². The van der Waals surface area contributed by atoms with Crippen LogP contribution in [-0.2, 0) is 4.74 Å². The van der Waals surface area contributed by atoms with Gasteiger partial charge >= 0.3 is 11.9 Å². The molecule has 1 unspecified atom stereocenters. The minimum atomic E-state index is -0.516. The Morgan fingerprint density at radius 2 is 1.94 bits per heavy atom. The van der Waals surface area contributed by atoms with E-state index in [1.54, 1.807) is 6.07 Å². The van der Waals surface area contributed by atoms with Crippen molar-refractivity contribution in [3.63, 3.8) is 0 Å². The van der Waals surface area contributed by atoms with E-state index in [-0.39, 0.29) is 0 Å². The number of carbonyl (C=O) groups excluding carboxylic acids is 2. The SMILES string of the molecule is CCCC(CC)c1cccc2c1C(=O)OC2=O. The number of rotatable bonds is 4. The van der Waals surface area contributed by atoms with E-state index in [1.165, 1.54) is 0 Å². The third-order valence-corrected chi connectivity index (χ3v) is 3.28. The lowest BCUT2D eigenvalue weighted by Gasteiger charge is -2.16. The zero-order valence-electron chi connectivity index (χ0n) is 10.2. The molecule has 0 fully saturated rings. The Hall–Kier alpha value is -1.64. The van der Waals surface area contributed by atoms with Crippen LogP contribution in [0.15, 0.2) is 18.2 Å². The summed E-state index contributed by atoms with van der Waals surface area (Å²) < 4.78 is 4.67. The van der Waals surface area contributed by atoms with E-state index in [4.69, 9.17) is 0 Å². The molecule has 0 saturated carbocycles. The second kappa shape index (κ2) is 4.70. The van der Waals surface area contributed by atoms with Crippen molar-refractivity contribution in [1.29, 1.82) is 0 Å². The third kappa shape index (κ3) is 1.97. The maximum Gasteiger partial charge on any atom is 0.347 e. The zero-order chi connectivity index (χ0) is 12.4. The van der Waals surface area contributed by atoms with Gasteiger partial charge in [0, 0.05) is 0 Å². The summed E-state index contributed by atoms with van der Waals surface area (Å²) in [7, 11) is 0. The zero-order valence-corrected chi connectivity index (χ0v) is 10.2. The van der Waals surface area contributed by atoms with E-state index >= 15 is 0 Å². The highest BCUT2D eigenvalue weighted by atomic mass is 16.6. The molecule has 1 heterocycles. The van der Waals surface area contributed by atoms with Gasteiger partial charge in [0.2, 0.25) is 0 Å². The lowest BCUT2D eigenvalue weighted by atomic mass is 9.87.